The molecule has 0 aliphatic carbocycles. The second kappa shape index (κ2) is 8.90. The van der Waals surface area contributed by atoms with Crippen LogP contribution >= 0.6 is 0 Å². The van der Waals surface area contributed by atoms with Crippen molar-refractivity contribution in [1.82, 2.24) is 5.32 Å². The normalized spacial score (nSPS) is 12.0. The second-order valence-corrected chi connectivity index (χ2v) is 10.6. The molecule has 5 nitrogen and oxygen atoms in total. The maximum atomic E-state index is 13.1. The van der Waals surface area contributed by atoms with Gasteiger partial charge in [0, 0.05) is 0 Å². The van der Waals surface area contributed by atoms with E-state index in [-0.39, 0.29) is 19.6 Å². The number of hydrogen-bond acceptors (Lipinski definition) is 5. The summed E-state index contributed by atoms with van der Waals surface area (Å²) in [4.78, 5) is 0.242. The fourth-order valence-corrected chi connectivity index (χ4v) is 5.85. The van der Waals surface area contributed by atoms with E-state index in [0.717, 1.165) is 13.0 Å². The van der Waals surface area contributed by atoms with Gasteiger partial charge in [0.2, 0.25) is 19.7 Å². The summed E-state index contributed by atoms with van der Waals surface area (Å²) in [6.07, 6.45) is 1.33. The molecule has 3 rings (SSSR count). The van der Waals surface area contributed by atoms with Gasteiger partial charge in [-0.1, -0.05) is 36.4 Å². The first kappa shape index (κ1) is 21.2. The predicted octanol–water partition coefficient (Wildman–Crippen LogP) is 3.50. The van der Waals surface area contributed by atoms with Crippen LogP contribution in [0.4, 0.5) is 0 Å². The highest BCUT2D eigenvalue weighted by Crippen LogP contribution is 2.28. The Kier molecular flexibility index (Phi) is 6.52. The van der Waals surface area contributed by atoms with Crippen LogP contribution in [-0.2, 0) is 26.1 Å². The fourth-order valence-electron chi connectivity index (χ4n) is 3.03. The molecule has 0 amide bonds. The van der Waals surface area contributed by atoms with Gasteiger partial charge >= 0.3 is 0 Å². The summed E-state index contributed by atoms with van der Waals surface area (Å²) in [6, 6.07) is 20.5. The van der Waals surface area contributed by atoms with Gasteiger partial charge in [-0.2, -0.15) is 0 Å². The SMILES string of the molecule is CNCCCc1cc(S(=O)(=O)c2ccccc2)cc(S(=O)(=O)c2ccccc2)c1. The molecule has 0 aromatic heterocycles. The van der Waals surface area contributed by atoms with Crippen molar-refractivity contribution in [3.63, 3.8) is 0 Å². The highest BCUT2D eigenvalue weighted by Gasteiger charge is 2.24. The van der Waals surface area contributed by atoms with Crippen molar-refractivity contribution in [2.45, 2.75) is 32.4 Å². The summed E-state index contributed by atoms with van der Waals surface area (Å²) in [5.74, 6) is 0. The largest absolute Gasteiger partial charge is 0.320 e. The third kappa shape index (κ3) is 4.75. The van der Waals surface area contributed by atoms with E-state index in [2.05, 4.69) is 5.32 Å². The van der Waals surface area contributed by atoms with Crippen LogP contribution in [0.2, 0.25) is 0 Å². The predicted molar refractivity (Wildman–Crippen MR) is 112 cm³/mol. The van der Waals surface area contributed by atoms with Crippen LogP contribution < -0.4 is 5.32 Å². The molecular weight excluding hydrogens is 406 g/mol. The third-order valence-corrected chi connectivity index (χ3v) is 8.06. The third-order valence-electron chi connectivity index (χ3n) is 4.56. The van der Waals surface area contributed by atoms with Crippen LogP contribution in [-0.4, -0.2) is 30.4 Å². The molecule has 3 aromatic carbocycles. The van der Waals surface area contributed by atoms with Gasteiger partial charge in [0.25, 0.3) is 0 Å². The molecule has 0 bridgehead atoms. The summed E-state index contributed by atoms with van der Waals surface area (Å²) >= 11 is 0. The van der Waals surface area contributed by atoms with E-state index < -0.39 is 19.7 Å². The van der Waals surface area contributed by atoms with Gasteiger partial charge in [0.05, 0.1) is 19.6 Å². The van der Waals surface area contributed by atoms with Gasteiger partial charge in [-0.3, -0.25) is 0 Å². The lowest BCUT2D eigenvalue weighted by atomic mass is 10.1. The molecule has 29 heavy (non-hydrogen) atoms. The first-order chi connectivity index (χ1) is 13.9. The molecule has 0 radical (unpaired) electrons. The van der Waals surface area contributed by atoms with Crippen LogP contribution in [0.3, 0.4) is 0 Å². The van der Waals surface area contributed by atoms with Crippen molar-refractivity contribution in [1.29, 1.82) is 0 Å². The lowest BCUT2D eigenvalue weighted by molar-refractivity contribution is 0.593. The first-order valence-corrected chi connectivity index (χ1v) is 12.2. The Balaban J connectivity index is 2.15. The lowest BCUT2D eigenvalue weighted by Crippen LogP contribution is -2.10. The zero-order valence-electron chi connectivity index (χ0n) is 16.1. The molecule has 7 heteroatoms. The molecule has 0 unspecified atom stereocenters. The molecule has 0 heterocycles. The zero-order valence-corrected chi connectivity index (χ0v) is 17.7. The van der Waals surface area contributed by atoms with Gasteiger partial charge in [0.1, 0.15) is 0 Å². The summed E-state index contributed by atoms with van der Waals surface area (Å²) in [5, 5.41) is 3.04. The molecule has 0 saturated heterocycles. The van der Waals surface area contributed by atoms with Crippen LogP contribution in [0.1, 0.15) is 12.0 Å². The van der Waals surface area contributed by atoms with Crippen molar-refractivity contribution >= 4 is 19.7 Å². The molecule has 0 aliphatic heterocycles. The maximum absolute atomic E-state index is 13.1. The molecule has 0 atom stereocenters. The van der Waals surface area contributed by atoms with Crippen LogP contribution in [0.15, 0.2) is 98.4 Å². The Morgan fingerprint density at radius 2 is 1.10 bits per heavy atom. The lowest BCUT2D eigenvalue weighted by Gasteiger charge is -2.12. The Labute approximate surface area is 172 Å². The molecule has 0 fully saturated rings. The fraction of sp³-hybridized carbons (Fsp3) is 0.182. The van der Waals surface area contributed by atoms with E-state index in [1.165, 1.54) is 30.3 Å². The quantitative estimate of drug-likeness (QED) is 0.554. The van der Waals surface area contributed by atoms with Crippen molar-refractivity contribution in [3.05, 3.63) is 84.4 Å². The zero-order chi connectivity index (χ0) is 20.9. The van der Waals surface area contributed by atoms with E-state index in [1.807, 2.05) is 7.05 Å². The average Bonchev–Trinajstić information content (AvgIpc) is 2.75. The number of hydrogen-bond donors (Lipinski definition) is 1. The Hall–Kier alpha value is -2.48. The van der Waals surface area contributed by atoms with E-state index in [0.29, 0.717) is 12.0 Å². The minimum atomic E-state index is -3.84. The topological polar surface area (TPSA) is 80.3 Å². The number of sulfone groups is 2. The molecule has 3 aromatic rings. The Morgan fingerprint density at radius 1 is 0.655 bits per heavy atom. The van der Waals surface area contributed by atoms with E-state index in [1.54, 1.807) is 48.5 Å². The van der Waals surface area contributed by atoms with Gasteiger partial charge in [-0.05, 0) is 74.5 Å². The van der Waals surface area contributed by atoms with Crippen molar-refractivity contribution in [3.8, 4) is 0 Å². The molecular formula is C22H23NO4S2. The summed E-state index contributed by atoms with van der Waals surface area (Å²) < 4.78 is 52.5. The summed E-state index contributed by atoms with van der Waals surface area (Å²) in [7, 11) is -5.84. The molecule has 0 spiro atoms. The van der Waals surface area contributed by atoms with Crippen LogP contribution in [0.25, 0.3) is 0 Å². The van der Waals surface area contributed by atoms with Crippen molar-refractivity contribution in [2.75, 3.05) is 13.6 Å². The second-order valence-electron chi connectivity index (χ2n) is 6.65. The van der Waals surface area contributed by atoms with Gasteiger partial charge in [-0.15, -0.1) is 0 Å². The maximum Gasteiger partial charge on any atom is 0.206 e. The van der Waals surface area contributed by atoms with Gasteiger partial charge in [-0.25, -0.2) is 16.8 Å². The number of aryl methyl sites for hydroxylation is 1. The van der Waals surface area contributed by atoms with Crippen LogP contribution in [0, 0.1) is 0 Å². The van der Waals surface area contributed by atoms with E-state index in [9.17, 15) is 16.8 Å². The van der Waals surface area contributed by atoms with E-state index in [4.69, 9.17) is 0 Å². The number of nitrogens with one attached hydrogen (secondary N) is 1. The highest BCUT2D eigenvalue weighted by atomic mass is 32.2. The van der Waals surface area contributed by atoms with Gasteiger partial charge < -0.3 is 5.32 Å². The van der Waals surface area contributed by atoms with E-state index >= 15 is 0 Å². The average molecular weight is 430 g/mol. The highest BCUT2D eigenvalue weighted by molar-refractivity contribution is 7.92. The van der Waals surface area contributed by atoms with Crippen LogP contribution in [0.5, 0.6) is 0 Å². The van der Waals surface area contributed by atoms with Crippen molar-refractivity contribution in [2.24, 2.45) is 0 Å². The molecule has 152 valence electrons. The Morgan fingerprint density at radius 3 is 1.52 bits per heavy atom. The number of benzene rings is 3. The minimum absolute atomic E-state index is 0.0137. The first-order valence-electron chi connectivity index (χ1n) is 9.24. The summed E-state index contributed by atoms with van der Waals surface area (Å²) in [6.45, 7) is 0.746. The van der Waals surface area contributed by atoms with Crippen molar-refractivity contribution < 1.29 is 16.8 Å². The van der Waals surface area contributed by atoms with Gasteiger partial charge in [0.15, 0.2) is 0 Å². The Bertz CT molecular complexity index is 1090. The summed E-state index contributed by atoms with van der Waals surface area (Å²) in [5.41, 5.74) is 0.673. The standard InChI is InChI=1S/C22H23NO4S2/c1-23-14-8-9-18-15-21(28(24,25)19-10-4-2-5-11-19)17-22(16-18)29(26,27)20-12-6-3-7-13-20/h2-7,10-13,15-17,23H,8-9,14H2,1H3. The molecule has 0 saturated carbocycles. The minimum Gasteiger partial charge on any atom is -0.320 e. The monoisotopic (exact) mass is 429 g/mol. The number of rotatable bonds is 8. The molecule has 1 N–H and O–H groups in total. The molecule has 0 aliphatic rings. The smallest absolute Gasteiger partial charge is 0.206 e.